The van der Waals surface area contributed by atoms with Gasteiger partial charge in [-0.15, -0.1) is 0 Å². The number of hydrogen-bond donors (Lipinski definition) is 3. The summed E-state index contributed by atoms with van der Waals surface area (Å²) in [6, 6.07) is 12.2. The minimum atomic E-state index is -0.166. The maximum atomic E-state index is 11.1. The van der Waals surface area contributed by atoms with Crippen LogP contribution in [0.15, 0.2) is 36.4 Å². The van der Waals surface area contributed by atoms with Crippen LogP contribution in [0.5, 0.6) is 11.5 Å². The van der Waals surface area contributed by atoms with E-state index in [2.05, 4.69) is 59.7 Å². The molecule has 3 nitrogen and oxygen atoms in total. The van der Waals surface area contributed by atoms with E-state index in [9.17, 15) is 10.2 Å². The molecule has 3 rings (SSSR count). The minimum absolute atomic E-state index is 0.0688. The second-order valence-corrected chi connectivity index (χ2v) is 10.7. The highest BCUT2D eigenvalue weighted by atomic mass is 16.3. The van der Waals surface area contributed by atoms with Gasteiger partial charge < -0.3 is 15.1 Å². The Kier molecular flexibility index (Phi) is 6.01. The second-order valence-electron chi connectivity index (χ2n) is 10.7. The first kappa shape index (κ1) is 21.7. The molecular formula is C26H38NO2+. The predicted molar refractivity (Wildman–Crippen MR) is 120 cm³/mol. The van der Waals surface area contributed by atoms with Crippen molar-refractivity contribution < 1.29 is 15.1 Å². The number of rotatable bonds is 3. The van der Waals surface area contributed by atoms with Gasteiger partial charge in [0.25, 0.3) is 0 Å². The Morgan fingerprint density at radius 2 is 1.31 bits per heavy atom. The van der Waals surface area contributed by atoms with E-state index in [0.717, 1.165) is 29.8 Å². The molecule has 2 aromatic carbocycles. The van der Waals surface area contributed by atoms with E-state index < -0.39 is 0 Å². The molecule has 2 aromatic rings. The number of phenolic OH excluding ortho intramolecular Hbond substituents is 2. The normalized spacial score (nSPS) is 17.3. The third-order valence-electron chi connectivity index (χ3n) is 6.23. The Balaban J connectivity index is 2.26. The number of phenols is 2. The molecule has 3 N–H and O–H groups in total. The number of quaternary nitrogens is 1. The predicted octanol–water partition coefficient (Wildman–Crippen LogP) is 4.85. The van der Waals surface area contributed by atoms with Crippen molar-refractivity contribution in [2.75, 3.05) is 13.1 Å². The molecule has 158 valence electrons. The summed E-state index contributed by atoms with van der Waals surface area (Å²) < 4.78 is 0. The quantitative estimate of drug-likeness (QED) is 0.694. The average Bonchev–Trinajstić information content (AvgIpc) is 2.63. The summed E-state index contributed by atoms with van der Waals surface area (Å²) in [6.45, 7) is 15.1. The van der Waals surface area contributed by atoms with Gasteiger partial charge in [-0.05, 0) is 54.4 Å². The third kappa shape index (κ3) is 4.61. The van der Waals surface area contributed by atoms with Crippen molar-refractivity contribution in [3.05, 3.63) is 58.7 Å². The number of hydrogen-bond acceptors (Lipinski definition) is 2. The lowest BCUT2D eigenvalue weighted by atomic mass is 9.77. The summed E-state index contributed by atoms with van der Waals surface area (Å²) in [5, 5.41) is 21.9. The standard InChI is InChI=1S/C26H37NO2/c1-25(2,3)20-16-18(17-21(24(20)29)26(4,5)6)23(27-14-10-7-11-15-27)19-12-8-9-13-22(19)28/h8-9,12-13,16-17,23,28-29H,7,10-11,14-15H2,1-6H3/p+1/t23-/m1/s1. The van der Waals surface area contributed by atoms with Gasteiger partial charge in [-0.25, -0.2) is 0 Å². The molecule has 29 heavy (non-hydrogen) atoms. The highest BCUT2D eigenvalue weighted by molar-refractivity contribution is 5.52. The zero-order valence-corrected chi connectivity index (χ0v) is 19.0. The van der Waals surface area contributed by atoms with Gasteiger partial charge in [0, 0.05) is 16.7 Å². The van der Waals surface area contributed by atoms with E-state index in [1.165, 1.54) is 29.7 Å². The van der Waals surface area contributed by atoms with Gasteiger partial charge in [-0.1, -0.05) is 53.7 Å². The molecule has 1 heterocycles. The zero-order chi connectivity index (χ0) is 21.4. The average molecular weight is 397 g/mol. The fourth-order valence-corrected chi connectivity index (χ4v) is 4.63. The fraction of sp³-hybridized carbons (Fsp3) is 0.538. The molecule has 0 saturated carbocycles. The topological polar surface area (TPSA) is 44.9 Å². The molecule has 1 atom stereocenters. The number of aromatic hydroxyl groups is 2. The number of likely N-dealkylation sites (tertiary alicyclic amines) is 1. The van der Waals surface area contributed by atoms with Crippen LogP contribution < -0.4 is 4.90 Å². The van der Waals surface area contributed by atoms with Crippen molar-refractivity contribution in [3.8, 4) is 11.5 Å². The van der Waals surface area contributed by atoms with Crippen molar-refractivity contribution in [1.82, 2.24) is 0 Å². The Hall–Kier alpha value is -2.00. The van der Waals surface area contributed by atoms with Gasteiger partial charge in [0.1, 0.15) is 17.5 Å². The van der Waals surface area contributed by atoms with Crippen molar-refractivity contribution >= 4 is 0 Å². The summed E-state index contributed by atoms with van der Waals surface area (Å²) >= 11 is 0. The highest BCUT2D eigenvalue weighted by Crippen LogP contribution is 2.42. The molecular weight excluding hydrogens is 358 g/mol. The van der Waals surface area contributed by atoms with Crippen LogP contribution in [0, 0.1) is 0 Å². The Morgan fingerprint density at radius 1 is 0.793 bits per heavy atom. The first-order valence-corrected chi connectivity index (χ1v) is 11.0. The molecule has 0 radical (unpaired) electrons. The van der Waals surface area contributed by atoms with E-state index in [1.54, 1.807) is 6.07 Å². The van der Waals surface area contributed by atoms with Crippen LogP contribution in [0.1, 0.15) is 89.1 Å². The Bertz CT molecular complexity index is 817. The fourth-order valence-electron chi connectivity index (χ4n) is 4.63. The molecule has 0 aromatic heterocycles. The monoisotopic (exact) mass is 396 g/mol. The lowest BCUT2D eigenvalue weighted by Gasteiger charge is -2.35. The van der Waals surface area contributed by atoms with Gasteiger partial charge in [-0.3, -0.25) is 0 Å². The molecule has 3 heteroatoms. The molecule has 0 bridgehead atoms. The van der Waals surface area contributed by atoms with Crippen LogP contribution in [0.25, 0.3) is 0 Å². The number of piperidine rings is 1. The zero-order valence-electron chi connectivity index (χ0n) is 19.0. The Labute approximate surface area is 176 Å². The van der Waals surface area contributed by atoms with Crippen LogP contribution in [-0.2, 0) is 10.8 Å². The first-order valence-electron chi connectivity index (χ1n) is 11.0. The molecule has 0 spiro atoms. The van der Waals surface area contributed by atoms with Crippen LogP contribution in [0.3, 0.4) is 0 Å². The van der Waals surface area contributed by atoms with Crippen LogP contribution in [-0.4, -0.2) is 23.3 Å². The van der Waals surface area contributed by atoms with E-state index >= 15 is 0 Å². The van der Waals surface area contributed by atoms with Gasteiger partial charge in [-0.2, -0.15) is 0 Å². The van der Waals surface area contributed by atoms with E-state index in [1.807, 2.05) is 12.1 Å². The second kappa shape index (κ2) is 8.02. The first-order chi connectivity index (χ1) is 13.5. The van der Waals surface area contributed by atoms with Gasteiger partial charge in [0.05, 0.1) is 18.7 Å². The summed E-state index contributed by atoms with van der Waals surface area (Å²) in [4.78, 5) is 1.50. The summed E-state index contributed by atoms with van der Waals surface area (Å²) in [5.41, 5.74) is 3.81. The maximum Gasteiger partial charge on any atom is 0.142 e. The molecule has 0 amide bonds. The van der Waals surface area contributed by atoms with Crippen LogP contribution in [0.2, 0.25) is 0 Å². The van der Waals surface area contributed by atoms with Gasteiger partial charge >= 0.3 is 0 Å². The largest absolute Gasteiger partial charge is 0.507 e. The van der Waals surface area contributed by atoms with E-state index in [4.69, 9.17) is 0 Å². The third-order valence-corrected chi connectivity index (χ3v) is 6.23. The van der Waals surface area contributed by atoms with E-state index in [-0.39, 0.29) is 16.9 Å². The lowest BCUT2D eigenvalue weighted by Crippen LogP contribution is -3.13. The lowest BCUT2D eigenvalue weighted by molar-refractivity contribution is -0.930. The summed E-state index contributed by atoms with van der Waals surface area (Å²) in [5.74, 6) is 0.775. The van der Waals surface area contributed by atoms with Crippen molar-refractivity contribution in [3.63, 3.8) is 0 Å². The highest BCUT2D eigenvalue weighted by Gasteiger charge is 2.34. The SMILES string of the molecule is CC(C)(C)c1cc([C@H](c2ccccc2O)[NH+]2CCCCC2)cc(C(C)(C)C)c1O. The van der Waals surface area contributed by atoms with Crippen LogP contribution >= 0.6 is 0 Å². The van der Waals surface area contributed by atoms with Gasteiger partial charge in [0.2, 0.25) is 0 Å². The molecule has 0 unspecified atom stereocenters. The minimum Gasteiger partial charge on any atom is -0.507 e. The summed E-state index contributed by atoms with van der Waals surface area (Å²) in [6.07, 6.45) is 3.72. The summed E-state index contributed by atoms with van der Waals surface area (Å²) in [7, 11) is 0. The molecule has 1 aliphatic rings. The smallest absolute Gasteiger partial charge is 0.142 e. The van der Waals surface area contributed by atoms with Crippen LogP contribution in [0.4, 0.5) is 0 Å². The van der Waals surface area contributed by atoms with Gasteiger partial charge in [0.15, 0.2) is 0 Å². The molecule has 1 aliphatic heterocycles. The number of nitrogens with one attached hydrogen (secondary N) is 1. The molecule has 0 aliphatic carbocycles. The van der Waals surface area contributed by atoms with E-state index in [0.29, 0.717) is 11.5 Å². The molecule has 1 fully saturated rings. The number of para-hydroxylation sites is 1. The maximum absolute atomic E-state index is 11.1. The Morgan fingerprint density at radius 3 is 1.79 bits per heavy atom. The molecule has 1 saturated heterocycles. The number of benzene rings is 2. The van der Waals surface area contributed by atoms with Crippen molar-refractivity contribution in [2.24, 2.45) is 0 Å². The van der Waals surface area contributed by atoms with Crippen molar-refractivity contribution in [1.29, 1.82) is 0 Å². The van der Waals surface area contributed by atoms with Crippen molar-refractivity contribution in [2.45, 2.75) is 77.7 Å².